The lowest BCUT2D eigenvalue weighted by Crippen LogP contribution is -2.55. The van der Waals surface area contributed by atoms with Gasteiger partial charge in [-0.2, -0.15) is 0 Å². The number of rotatable bonds is 7. The van der Waals surface area contributed by atoms with Crippen molar-refractivity contribution in [3.8, 4) is 16.9 Å². The third-order valence-corrected chi connectivity index (χ3v) is 9.20. The number of hydrogen-bond donors (Lipinski definition) is 1. The molecule has 0 aliphatic heterocycles. The second kappa shape index (κ2) is 10.4. The fourth-order valence-corrected chi connectivity index (χ4v) is 7.63. The molecule has 5 nitrogen and oxygen atoms in total. The first-order valence-electron chi connectivity index (χ1n) is 14.2. The number of ether oxygens (including phenoxy) is 1. The molecule has 3 aromatic rings. The topological polar surface area (TPSA) is 67.8 Å². The van der Waals surface area contributed by atoms with Gasteiger partial charge in [0, 0.05) is 24.7 Å². The predicted molar refractivity (Wildman–Crippen MR) is 154 cm³/mol. The van der Waals surface area contributed by atoms with Gasteiger partial charge in [-0.05, 0) is 122 Å². The Labute approximate surface area is 230 Å². The number of nitrogens with zero attached hydrogens (tertiary/aromatic N) is 1. The molecule has 0 radical (unpaired) electrons. The molecule has 200 valence electrons. The van der Waals surface area contributed by atoms with Gasteiger partial charge in [0.1, 0.15) is 5.75 Å². The van der Waals surface area contributed by atoms with Gasteiger partial charge in [-0.25, -0.2) is 0 Å². The van der Waals surface area contributed by atoms with Gasteiger partial charge in [0.15, 0.2) is 0 Å². The first-order chi connectivity index (χ1) is 18.8. The van der Waals surface area contributed by atoms with Crippen LogP contribution < -0.4 is 10.1 Å². The van der Waals surface area contributed by atoms with Crippen LogP contribution >= 0.6 is 0 Å². The van der Waals surface area contributed by atoms with Crippen molar-refractivity contribution in [2.24, 2.45) is 28.2 Å². The maximum atomic E-state index is 13.1. The van der Waals surface area contributed by atoms with E-state index in [2.05, 4.69) is 17.2 Å². The number of amides is 1. The van der Waals surface area contributed by atoms with E-state index in [1.807, 2.05) is 66.9 Å². The molecule has 7 rings (SSSR count). The normalized spacial score (nSPS) is 25.9. The Balaban J connectivity index is 1.05. The van der Waals surface area contributed by atoms with Crippen LogP contribution in [-0.2, 0) is 4.79 Å². The molecule has 0 aromatic heterocycles. The molecule has 0 spiro atoms. The fourth-order valence-electron chi connectivity index (χ4n) is 7.63. The van der Waals surface area contributed by atoms with Crippen molar-refractivity contribution in [2.75, 3.05) is 0 Å². The van der Waals surface area contributed by atoms with Crippen LogP contribution in [0.1, 0.15) is 68.3 Å². The highest BCUT2D eigenvalue weighted by Crippen LogP contribution is 2.61. The zero-order valence-corrected chi connectivity index (χ0v) is 22.7. The molecule has 4 aliphatic rings. The van der Waals surface area contributed by atoms with Crippen LogP contribution in [0.15, 0.2) is 77.8 Å². The molecule has 1 N–H and O–H groups in total. The molecule has 0 heterocycles. The summed E-state index contributed by atoms with van der Waals surface area (Å²) in [7, 11) is 0. The molecule has 0 saturated heterocycles. The lowest BCUT2D eigenvalue weighted by Gasteiger charge is -2.59. The molecule has 1 unspecified atom stereocenters. The van der Waals surface area contributed by atoms with Crippen LogP contribution in [-0.4, -0.2) is 24.1 Å². The van der Waals surface area contributed by atoms with Crippen molar-refractivity contribution in [3.63, 3.8) is 0 Å². The van der Waals surface area contributed by atoms with Crippen molar-refractivity contribution >= 4 is 23.8 Å². The van der Waals surface area contributed by atoms with E-state index in [-0.39, 0.29) is 17.9 Å². The van der Waals surface area contributed by atoms with E-state index < -0.39 is 0 Å². The molecule has 4 aliphatic carbocycles. The molecule has 4 bridgehead atoms. The largest absolute Gasteiger partial charge is 0.427 e. The van der Waals surface area contributed by atoms with Crippen LogP contribution in [0.4, 0.5) is 5.69 Å². The van der Waals surface area contributed by atoms with E-state index >= 15 is 0 Å². The van der Waals surface area contributed by atoms with Gasteiger partial charge in [0.25, 0.3) is 5.91 Å². The molecular formula is C34H36N2O3. The summed E-state index contributed by atoms with van der Waals surface area (Å²) >= 11 is 0. The highest BCUT2D eigenvalue weighted by atomic mass is 16.5. The number of carbonyl (C=O) groups excluding carboxylic acids is 2. The molecule has 1 amide bonds. The van der Waals surface area contributed by atoms with E-state index in [4.69, 9.17) is 4.74 Å². The first-order valence-corrected chi connectivity index (χ1v) is 14.2. The van der Waals surface area contributed by atoms with Gasteiger partial charge in [0.05, 0.1) is 5.69 Å². The zero-order valence-electron chi connectivity index (χ0n) is 22.7. The highest BCUT2D eigenvalue weighted by molar-refractivity contribution is 5.95. The summed E-state index contributed by atoms with van der Waals surface area (Å²) in [5.41, 5.74) is 4.90. The number of benzene rings is 3. The number of aliphatic imine (C=N–C) groups is 1. The maximum absolute atomic E-state index is 13.1. The van der Waals surface area contributed by atoms with Crippen molar-refractivity contribution in [1.29, 1.82) is 0 Å². The number of esters is 1. The minimum atomic E-state index is -0.327. The third-order valence-electron chi connectivity index (χ3n) is 9.20. The minimum Gasteiger partial charge on any atom is -0.427 e. The Kier molecular flexibility index (Phi) is 6.84. The Bertz CT molecular complexity index is 1340. The molecular weight excluding hydrogens is 484 g/mol. The molecule has 5 heteroatoms. The smallest absolute Gasteiger partial charge is 0.308 e. The Morgan fingerprint density at radius 3 is 1.92 bits per heavy atom. The van der Waals surface area contributed by atoms with E-state index in [1.165, 1.54) is 45.4 Å². The molecule has 39 heavy (non-hydrogen) atoms. The second-order valence-electron chi connectivity index (χ2n) is 12.0. The van der Waals surface area contributed by atoms with Crippen LogP contribution in [0, 0.1) is 23.2 Å². The van der Waals surface area contributed by atoms with Gasteiger partial charge in [-0.1, -0.05) is 36.4 Å². The summed E-state index contributed by atoms with van der Waals surface area (Å²) in [6, 6.07) is 23.3. The van der Waals surface area contributed by atoms with Crippen molar-refractivity contribution in [2.45, 2.75) is 58.4 Å². The molecule has 4 saturated carbocycles. The lowest BCUT2D eigenvalue weighted by atomic mass is 9.48. The van der Waals surface area contributed by atoms with Crippen molar-refractivity contribution < 1.29 is 14.3 Å². The SMILES string of the molecule is CC(=O)Oc1ccc(-c2ccc(C=Nc3ccc(C(=O)NC(C)C45CC6CC(CC(C6)C4)C5)cc3)cc2)cc1. The summed E-state index contributed by atoms with van der Waals surface area (Å²) < 4.78 is 5.10. The Hall–Kier alpha value is -3.73. The van der Waals surface area contributed by atoms with Gasteiger partial charge >= 0.3 is 5.97 Å². The van der Waals surface area contributed by atoms with Crippen LogP contribution in [0.3, 0.4) is 0 Å². The first kappa shape index (κ1) is 25.5. The number of carbonyl (C=O) groups is 2. The van der Waals surface area contributed by atoms with Gasteiger partial charge < -0.3 is 10.1 Å². The van der Waals surface area contributed by atoms with E-state index in [0.717, 1.165) is 40.1 Å². The summed E-state index contributed by atoms with van der Waals surface area (Å²) in [4.78, 5) is 28.8. The van der Waals surface area contributed by atoms with Crippen molar-refractivity contribution in [1.82, 2.24) is 5.32 Å². The molecule has 1 atom stereocenters. The fraction of sp³-hybridized carbons (Fsp3) is 0.382. The summed E-state index contributed by atoms with van der Waals surface area (Å²) in [6.45, 7) is 3.62. The molecule has 4 fully saturated rings. The number of hydrogen-bond acceptors (Lipinski definition) is 4. The van der Waals surface area contributed by atoms with Gasteiger partial charge in [-0.3, -0.25) is 14.6 Å². The summed E-state index contributed by atoms with van der Waals surface area (Å²) in [5.74, 6) is 2.87. The Morgan fingerprint density at radius 1 is 0.846 bits per heavy atom. The predicted octanol–water partition coefficient (Wildman–Crippen LogP) is 7.36. The second-order valence-corrected chi connectivity index (χ2v) is 12.0. The standard InChI is InChI=1S/C34H36N2O3/c1-22(34-18-25-15-26(19-34)17-27(16-25)20-34)36-33(38)30-7-11-31(12-8-30)35-21-24-3-5-28(6-4-24)29-9-13-32(14-10-29)39-23(2)37/h3-14,21-22,25-27H,15-20H2,1-2H3,(H,36,38). The minimum absolute atomic E-state index is 0.0188. The van der Waals surface area contributed by atoms with Crippen molar-refractivity contribution in [3.05, 3.63) is 83.9 Å². The zero-order chi connectivity index (χ0) is 27.0. The maximum Gasteiger partial charge on any atom is 0.308 e. The van der Waals surface area contributed by atoms with E-state index in [0.29, 0.717) is 16.7 Å². The highest BCUT2D eigenvalue weighted by Gasteiger charge is 2.53. The summed E-state index contributed by atoms with van der Waals surface area (Å²) in [6.07, 6.45) is 9.95. The van der Waals surface area contributed by atoms with Crippen LogP contribution in [0.2, 0.25) is 0 Å². The Morgan fingerprint density at radius 2 is 1.38 bits per heavy atom. The van der Waals surface area contributed by atoms with E-state index in [9.17, 15) is 9.59 Å². The van der Waals surface area contributed by atoms with Gasteiger partial charge in [-0.15, -0.1) is 0 Å². The third kappa shape index (κ3) is 5.54. The summed E-state index contributed by atoms with van der Waals surface area (Å²) in [5, 5.41) is 3.36. The average Bonchev–Trinajstić information content (AvgIpc) is 2.92. The van der Waals surface area contributed by atoms with Gasteiger partial charge in [0.2, 0.25) is 0 Å². The van der Waals surface area contributed by atoms with Crippen LogP contribution in [0.25, 0.3) is 11.1 Å². The number of nitrogens with one attached hydrogen (secondary N) is 1. The quantitative estimate of drug-likeness (QED) is 0.201. The lowest BCUT2D eigenvalue weighted by molar-refractivity contribution is -0.131. The average molecular weight is 521 g/mol. The monoisotopic (exact) mass is 520 g/mol. The molecule has 3 aromatic carbocycles. The van der Waals surface area contributed by atoms with Crippen LogP contribution in [0.5, 0.6) is 5.75 Å². The van der Waals surface area contributed by atoms with E-state index in [1.54, 1.807) is 12.1 Å².